The van der Waals surface area contributed by atoms with Crippen LogP contribution in [-0.2, 0) is 4.79 Å². The van der Waals surface area contributed by atoms with Gasteiger partial charge >= 0.3 is 5.97 Å². The molecule has 1 aliphatic carbocycles. The van der Waals surface area contributed by atoms with Crippen molar-refractivity contribution in [3.05, 3.63) is 0 Å². The lowest BCUT2D eigenvalue weighted by atomic mass is 9.95. The SMILES string of the molecule is C[C@H]1CCC[C@H]1CC(=O)O. The summed E-state index contributed by atoms with van der Waals surface area (Å²) < 4.78 is 0. The summed E-state index contributed by atoms with van der Waals surface area (Å²) in [7, 11) is 0. The second kappa shape index (κ2) is 3.04. The lowest BCUT2D eigenvalue weighted by Gasteiger charge is -2.10. The highest BCUT2D eigenvalue weighted by molar-refractivity contribution is 5.67. The van der Waals surface area contributed by atoms with E-state index in [2.05, 4.69) is 6.92 Å². The highest BCUT2D eigenvalue weighted by atomic mass is 16.4. The molecular formula is C8H14O2. The predicted molar refractivity (Wildman–Crippen MR) is 38.8 cm³/mol. The number of carbonyl (C=O) groups is 1. The first-order valence-corrected chi connectivity index (χ1v) is 3.92. The fourth-order valence-electron chi connectivity index (χ4n) is 1.75. The van der Waals surface area contributed by atoms with E-state index in [-0.39, 0.29) is 0 Å². The van der Waals surface area contributed by atoms with E-state index in [1.807, 2.05) is 0 Å². The molecule has 2 heteroatoms. The third kappa shape index (κ3) is 1.72. The number of carboxylic acid groups (broad SMARTS) is 1. The average molecular weight is 142 g/mol. The molecule has 10 heavy (non-hydrogen) atoms. The maximum atomic E-state index is 10.3. The molecule has 2 nitrogen and oxygen atoms in total. The summed E-state index contributed by atoms with van der Waals surface area (Å²) in [6.45, 7) is 2.15. The van der Waals surface area contributed by atoms with Crippen molar-refractivity contribution in [3.63, 3.8) is 0 Å². The van der Waals surface area contributed by atoms with Gasteiger partial charge < -0.3 is 5.11 Å². The van der Waals surface area contributed by atoms with Crippen molar-refractivity contribution in [2.75, 3.05) is 0 Å². The summed E-state index contributed by atoms with van der Waals surface area (Å²) in [4.78, 5) is 10.3. The molecular weight excluding hydrogens is 128 g/mol. The second-order valence-corrected chi connectivity index (χ2v) is 3.27. The molecule has 0 aliphatic heterocycles. The average Bonchev–Trinajstić information content (AvgIpc) is 2.15. The Kier molecular flexibility index (Phi) is 2.30. The highest BCUT2D eigenvalue weighted by Gasteiger charge is 2.24. The van der Waals surface area contributed by atoms with Crippen LogP contribution in [0.4, 0.5) is 0 Å². The summed E-state index contributed by atoms with van der Waals surface area (Å²) in [5, 5.41) is 8.49. The third-order valence-corrected chi connectivity index (χ3v) is 2.48. The van der Waals surface area contributed by atoms with E-state index in [0.29, 0.717) is 18.3 Å². The largest absolute Gasteiger partial charge is 0.481 e. The minimum absolute atomic E-state index is 0.376. The zero-order valence-corrected chi connectivity index (χ0v) is 6.34. The number of carboxylic acids is 1. The van der Waals surface area contributed by atoms with Gasteiger partial charge in [-0.25, -0.2) is 0 Å². The van der Waals surface area contributed by atoms with Gasteiger partial charge in [-0.1, -0.05) is 19.8 Å². The van der Waals surface area contributed by atoms with Crippen molar-refractivity contribution in [3.8, 4) is 0 Å². The van der Waals surface area contributed by atoms with E-state index in [0.717, 1.165) is 6.42 Å². The van der Waals surface area contributed by atoms with Gasteiger partial charge in [0.25, 0.3) is 0 Å². The minimum atomic E-state index is -0.640. The molecule has 0 aromatic carbocycles. The molecule has 0 aromatic rings. The van der Waals surface area contributed by atoms with Crippen LogP contribution in [0.25, 0.3) is 0 Å². The molecule has 0 unspecified atom stereocenters. The second-order valence-electron chi connectivity index (χ2n) is 3.27. The molecule has 1 aliphatic rings. The Morgan fingerprint density at radius 1 is 1.60 bits per heavy atom. The standard InChI is InChI=1S/C8H14O2/c1-6-3-2-4-7(6)5-8(9)10/h6-7H,2-5H2,1H3,(H,9,10)/t6-,7-/m0/s1. The maximum absolute atomic E-state index is 10.3. The van der Waals surface area contributed by atoms with E-state index >= 15 is 0 Å². The van der Waals surface area contributed by atoms with Gasteiger partial charge in [0.15, 0.2) is 0 Å². The molecule has 0 heterocycles. The summed E-state index contributed by atoms with van der Waals surface area (Å²) in [5.41, 5.74) is 0. The maximum Gasteiger partial charge on any atom is 0.303 e. The Balaban J connectivity index is 2.33. The Morgan fingerprint density at radius 3 is 2.70 bits per heavy atom. The van der Waals surface area contributed by atoms with Crippen molar-refractivity contribution < 1.29 is 9.90 Å². The van der Waals surface area contributed by atoms with Gasteiger partial charge in [-0.15, -0.1) is 0 Å². The number of aliphatic carboxylic acids is 1. The summed E-state index contributed by atoms with van der Waals surface area (Å²) in [6.07, 6.45) is 3.94. The zero-order valence-electron chi connectivity index (χ0n) is 6.34. The van der Waals surface area contributed by atoms with Gasteiger partial charge in [-0.05, 0) is 18.3 Å². The normalized spacial score (nSPS) is 32.5. The van der Waals surface area contributed by atoms with Crippen LogP contribution in [0.1, 0.15) is 32.6 Å². The minimum Gasteiger partial charge on any atom is -0.481 e. The van der Waals surface area contributed by atoms with E-state index in [1.54, 1.807) is 0 Å². The van der Waals surface area contributed by atoms with Crippen LogP contribution >= 0.6 is 0 Å². The topological polar surface area (TPSA) is 37.3 Å². The lowest BCUT2D eigenvalue weighted by molar-refractivity contribution is -0.138. The first-order valence-electron chi connectivity index (χ1n) is 3.92. The molecule has 1 saturated carbocycles. The van der Waals surface area contributed by atoms with Crippen LogP contribution in [0.3, 0.4) is 0 Å². The Labute approximate surface area is 61.2 Å². The van der Waals surface area contributed by atoms with Gasteiger partial charge in [0, 0.05) is 6.42 Å². The van der Waals surface area contributed by atoms with Crippen molar-refractivity contribution in [2.45, 2.75) is 32.6 Å². The molecule has 0 aromatic heterocycles. The van der Waals surface area contributed by atoms with Crippen LogP contribution in [0.2, 0.25) is 0 Å². The molecule has 1 N–H and O–H groups in total. The summed E-state index contributed by atoms with van der Waals surface area (Å²) >= 11 is 0. The monoisotopic (exact) mass is 142 g/mol. The van der Waals surface area contributed by atoms with Gasteiger partial charge in [-0.3, -0.25) is 4.79 Å². The van der Waals surface area contributed by atoms with Gasteiger partial charge in [0.1, 0.15) is 0 Å². The van der Waals surface area contributed by atoms with Crippen LogP contribution < -0.4 is 0 Å². The summed E-state index contributed by atoms with van der Waals surface area (Å²) in [6, 6.07) is 0. The van der Waals surface area contributed by atoms with Crippen molar-refractivity contribution >= 4 is 5.97 Å². The predicted octanol–water partition coefficient (Wildman–Crippen LogP) is 1.90. The van der Waals surface area contributed by atoms with Gasteiger partial charge in [0.2, 0.25) is 0 Å². The van der Waals surface area contributed by atoms with Gasteiger partial charge in [-0.2, -0.15) is 0 Å². The Bertz CT molecular complexity index is 131. The number of rotatable bonds is 2. The van der Waals surface area contributed by atoms with E-state index in [4.69, 9.17) is 5.11 Å². The Morgan fingerprint density at radius 2 is 2.30 bits per heavy atom. The fourth-order valence-corrected chi connectivity index (χ4v) is 1.75. The van der Waals surface area contributed by atoms with Crippen molar-refractivity contribution in [2.24, 2.45) is 11.8 Å². The first kappa shape index (κ1) is 7.58. The summed E-state index contributed by atoms with van der Waals surface area (Å²) in [5.74, 6) is 0.451. The van der Waals surface area contributed by atoms with Crippen LogP contribution in [-0.4, -0.2) is 11.1 Å². The fraction of sp³-hybridized carbons (Fsp3) is 0.875. The lowest BCUT2D eigenvalue weighted by Crippen LogP contribution is -2.09. The number of hydrogen-bond acceptors (Lipinski definition) is 1. The van der Waals surface area contributed by atoms with Crippen molar-refractivity contribution in [1.82, 2.24) is 0 Å². The van der Waals surface area contributed by atoms with E-state index < -0.39 is 5.97 Å². The molecule has 2 atom stereocenters. The molecule has 0 spiro atoms. The third-order valence-electron chi connectivity index (χ3n) is 2.48. The number of hydrogen-bond donors (Lipinski definition) is 1. The Hall–Kier alpha value is -0.530. The van der Waals surface area contributed by atoms with Gasteiger partial charge in [0.05, 0.1) is 0 Å². The molecule has 0 amide bonds. The zero-order chi connectivity index (χ0) is 7.56. The van der Waals surface area contributed by atoms with Crippen LogP contribution in [0.5, 0.6) is 0 Å². The van der Waals surface area contributed by atoms with Crippen LogP contribution in [0.15, 0.2) is 0 Å². The quantitative estimate of drug-likeness (QED) is 0.639. The molecule has 58 valence electrons. The molecule has 0 radical (unpaired) electrons. The molecule has 0 bridgehead atoms. The molecule has 0 saturated heterocycles. The molecule has 1 fully saturated rings. The highest BCUT2D eigenvalue weighted by Crippen LogP contribution is 2.33. The molecule has 1 rings (SSSR count). The smallest absolute Gasteiger partial charge is 0.303 e. The van der Waals surface area contributed by atoms with E-state index in [1.165, 1.54) is 12.8 Å². The van der Waals surface area contributed by atoms with Crippen LogP contribution in [0, 0.1) is 11.8 Å². The first-order chi connectivity index (χ1) is 4.70. The van der Waals surface area contributed by atoms with E-state index in [9.17, 15) is 4.79 Å². The van der Waals surface area contributed by atoms with Crippen molar-refractivity contribution in [1.29, 1.82) is 0 Å².